The number of para-hydroxylation sites is 1. The first kappa shape index (κ1) is 18.3. The molecule has 1 N–H and O–H groups in total. The second-order valence-electron chi connectivity index (χ2n) is 6.02. The van der Waals surface area contributed by atoms with Gasteiger partial charge >= 0.3 is 0 Å². The van der Waals surface area contributed by atoms with Crippen LogP contribution in [0.2, 0.25) is 0 Å². The minimum Gasteiger partial charge on any atom is -0.340 e. The SMILES string of the molecule is C=CCc1ccc(NC(=NCc2cccnc2)c2ccccc2N=C)cc1. The van der Waals surface area contributed by atoms with Gasteiger partial charge < -0.3 is 5.32 Å². The van der Waals surface area contributed by atoms with E-state index in [0.717, 1.165) is 34.8 Å². The van der Waals surface area contributed by atoms with Crippen LogP contribution < -0.4 is 5.32 Å². The summed E-state index contributed by atoms with van der Waals surface area (Å²) in [6.07, 6.45) is 6.33. The molecule has 0 aliphatic heterocycles. The summed E-state index contributed by atoms with van der Waals surface area (Å²) in [5, 5.41) is 3.43. The van der Waals surface area contributed by atoms with Gasteiger partial charge in [-0.05, 0) is 54.6 Å². The summed E-state index contributed by atoms with van der Waals surface area (Å²) < 4.78 is 0. The lowest BCUT2D eigenvalue weighted by Crippen LogP contribution is -2.14. The predicted molar refractivity (Wildman–Crippen MR) is 114 cm³/mol. The van der Waals surface area contributed by atoms with Crippen LogP contribution in [0.1, 0.15) is 16.7 Å². The maximum absolute atomic E-state index is 4.79. The van der Waals surface area contributed by atoms with Crippen LogP contribution in [0.4, 0.5) is 11.4 Å². The van der Waals surface area contributed by atoms with Crippen molar-refractivity contribution in [1.29, 1.82) is 0 Å². The molecular weight excluding hydrogens is 332 g/mol. The Morgan fingerprint density at radius 2 is 1.81 bits per heavy atom. The number of benzene rings is 2. The third kappa shape index (κ3) is 4.98. The van der Waals surface area contributed by atoms with Gasteiger partial charge in [-0.2, -0.15) is 0 Å². The molecule has 0 radical (unpaired) electrons. The fraction of sp³-hybridized carbons (Fsp3) is 0.0870. The zero-order valence-electron chi connectivity index (χ0n) is 15.2. The molecule has 4 nitrogen and oxygen atoms in total. The molecule has 0 fully saturated rings. The molecule has 0 unspecified atom stereocenters. The molecule has 27 heavy (non-hydrogen) atoms. The number of hydrogen-bond acceptors (Lipinski definition) is 3. The molecule has 0 bridgehead atoms. The zero-order chi connectivity index (χ0) is 18.9. The summed E-state index contributed by atoms with van der Waals surface area (Å²) in [4.78, 5) is 13.1. The lowest BCUT2D eigenvalue weighted by molar-refractivity contribution is 1.04. The molecule has 134 valence electrons. The number of pyridine rings is 1. The minimum absolute atomic E-state index is 0.524. The van der Waals surface area contributed by atoms with E-state index in [9.17, 15) is 0 Å². The predicted octanol–water partition coefficient (Wildman–Crippen LogP) is 5.20. The normalized spacial score (nSPS) is 11.0. The second-order valence-corrected chi connectivity index (χ2v) is 6.02. The fourth-order valence-corrected chi connectivity index (χ4v) is 2.69. The van der Waals surface area contributed by atoms with Gasteiger partial charge in [0.2, 0.25) is 0 Å². The molecule has 0 amide bonds. The Bertz CT molecular complexity index is 928. The molecule has 3 aromatic rings. The van der Waals surface area contributed by atoms with Crippen molar-refractivity contribution < 1.29 is 0 Å². The molecule has 1 heterocycles. The minimum atomic E-state index is 0.524. The maximum Gasteiger partial charge on any atom is 0.135 e. The van der Waals surface area contributed by atoms with Crippen molar-refractivity contribution >= 4 is 23.9 Å². The highest BCUT2D eigenvalue weighted by molar-refractivity contribution is 6.11. The van der Waals surface area contributed by atoms with E-state index in [1.165, 1.54) is 5.56 Å². The Morgan fingerprint density at radius 3 is 2.52 bits per heavy atom. The van der Waals surface area contributed by atoms with Crippen molar-refractivity contribution in [3.63, 3.8) is 0 Å². The van der Waals surface area contributed by atoms with Crippen molar-refractivity contribution in [1.82, 2.24) is 4.98 Å². The third-order valence-corrected chi connectivity index (χ3v) is 4.07. The Labute approximate surface area is 160 Å². The number of hydrogen-bond donors (Lipinski definition) is 1. The van der Waals surface area contributed by atoms with E-state index in [1.54, 1.807) is 6.20 Å². The van der Waals surface area contributed by atoms with Crippen LogP contribution >= 0.6 is 0 Å². The van der Waals surface area contributed by atoms with Crippen LogP contribution in [-0.4, -0.2) is 17.5 Å². The Kier molecular flexibility index (Phi) is 6.26. The monoisotopic (exact) mass is 354 g/mol. The summed E-state index contributed by atoms with van der Waals surface area (Å²) in [7, 11) is 0. The maximum atomic E-state index is 4.79. The summed E-state index contributed by atoms with van der Waals surface area (Å²) in [6.45, 7) is 7.99. The molecule has 0 atom stereocenters. The van der Waals surface area contributed by atoms with Crippen molar-refractivity contribution in [3.05, 3.63) is 102 Å². The van der Waals surface area contributed by atoms with Crippen LogP contribution in [0.25, 0.3) is 0 Å². The molecule has 0 spiro atoms. The largest absolute Gasteiger partial charge is 0.340 e. The van der Waals surface area contributed by atoms with Gasteiger partial charge in [-0.25, -0.2) is 0 Å². The summed E-state index contributed by atoms with van der Waals surface area (Å²) in [5.74, 6) is 0.748. The van der Waals surface area contributed by atoms with Gasteiger partial charge in [-0.1, -0.05) is 36.4 Å². The number of allylic oxidation sites excluding steroid dienone is 1. The molecular formula is C23H22N4. The quantitative estimate of drug-likeness (QED) is 0.360. The highest BCUT2D eigenvalue weighted by atomic mass is 15.0. The first-order valence-corrected chi connectivity index (χ1v) is 8.76. The van der Waals surface area contributed by atoms with Gasteiger partial charge in [0, 0.05) is 23.6 Å². The molecule has 1 aromatic heterocycles. The average molecular weight is 354 g/mol. The molecule has 0 saturated carbocycles. The van der Waals surface area contributed by atoms with E-state index in [2.05, 4.69) is 40.7 Å². The van der Waals surface area contributed by atoms with Gasteiger partial charge in [-0.3, -0.25) is 15.0 Å². The van der Waals surface area contributed by atoms with Crippen molar-refractivity contribution in [2.24, 2.45) is 9.98 Å². The molecule has 0 saturated heterocycles. The second kappa shape index (κ2) is 9.25. The first-order chi connectivity index (χ1) is 13.3. The lowest BCUT2D eigenvalue weighted by Gasteiger charge is -2.13. The number of amidine groups is 1. The number of aliphatic imine (C=N–C) groups is 2. The first-order valence-electron chi connectivity index (χ1n) is 8.76. The molecule has 0 aliphatic carbocycles. The van der Waals surface area contributed by atoms with Crippen LogP contribution in [0, 0.1) is 0 Å². The summed E-state index contributed by atoms with van der Waals surface area (Å²) >= 11 is 0. The average Bonchev–Trinajstić information content (AvgIpc) is 2.73. The fourth-order valence-electron chi connectivity index (χ4n) is 2.69. The van der Waals surface area contributed by atoms with Crippen LogP contribution in [0.5, 0.6) is 0 Å². The topological polar surface area (TPSA) is 49.6 Å². The zero-order valence-corrected chi connectivity index (χ0v) is 15.2. The number of nitrogens with zero attached hydrogens (tertiary/aromatic N) is 3. The van der Waals surface area contributed by atoms with Crippen molar-refractivity contribution in [2.75, 3.05) is 5.32 Å². The van der Waals surface area contributed by atoms with Crippen molar-refractivity contribution in [3.8, 4) is 0 Å². The van der Waals surface area contributed by atoms with Gasteiger partial charge in [0.15, 0.2) is 0 Å². The van der Waals surface area contributed by atoms with Gasteiger partial charge in [-0.15, -0.1) is 6.58 Å². The van der Waals surface area contributed by atoms with E-state index >= 15 is 0 Å². The highest BCUT2D eigenvalue weighted by Gasteiger charge is 2.09. The van der Waals surface area contributed by atoms with Crippen LogP contribution in [0.3, 0.4) is 0 Å². The van der Waals surface area contributed by atoms with Crippen molar-refractivity contribution in [2.45, 2.75) is 13.0 Å². The van der Waals surface area contributed by atoms with E-state index < -0.39 is 0 Å². The van der Waals surface area contributed by atoms with E-state index in [4.69, 9.17) is 4.99 Å². The van der Waals surface area contributed by atoms with Crippen LogP contribution in [-0.2, 0) is 13.0 Å². The number of nitrogens with one attached hydrogen (secondary N) is 1. The smallest absolute Gasteiger partial charge is 0.135 e. The molecule has 3 rings (SSSR count). The van der Waals surface area contributed by atoms with Gasteiger partial charge in [0.05, 0.1) is 12.2 Å². The Hall–Kier alpha value is -3.53. The Balaban J connectivity index is 1.91. The standard InChI is InChI=1S/C23H22N4/c1-3-7-18-11-13-20(14-12-18)27-23(21-9-4-5-10-22(21)24-2)26-17-19-8-6-15-25-16-19/h3-6,8-16H,1-2,7,17H2,(H,26,27). The van der Waals surface area contributed by atoms with E-state index in [-0.39, 0.29) is 0 Å². The molecule has 2 aromatic carbocycles. The van der Waals surface area contributed by atoms with Crippen LogP contribution in [0.15, 0.2) is 95.7 Å². The van der Waals surface area contributed by atoms with E-state index in [0.29, 0.717) is 6.54 Å². The van der Waals surface area contributed by atoms with Gasteiger partial charge in [0.1, 0.15) is 5.84 Å². The molecule has 4 heteroatoms. The number of rotatable bonds is 7. The number of aromatic nitrogens is 1. The number of anilines is 1. The third-order valence-electron chi connectivity index (χ3n) is 4.07. The Morgan fingerprint density at radius 1 is 1.00 bits per heavy atom. The van der Waals surface area contributed by atoms with Gasteiger partial charge in [0.25, 0.3) is 0 Å². The lowest BCUT2D eigenvalue weighted by atomic mass is 10.1. The highest BCUT2D eigenvalue weighted by Crippen LogP contribution is 2.21. The van der Waals surface area contributed by atoms with E-state index in [1.807, 2.05) is 60.8 Å². The molecule has 0 aliphatic rings. The summed E-state index contributed by atoms with van der Waals surface area (Å²) in [5.41, 5.74) is 4.93. The summed E-state index contributed by atoms with van der Waals surface area (Å²) in [6, 6.07) is 20.0.